The Labute approximate surface area is 81.4 Å². The molecule has 0 saturated heterocycles. The van der Waals surface area contributed by atoms with Crippen LogP contribution in [0.1, 0.15) is 33.1 Å². The smallest absolute Gasteiger partial charge is 0.0443 e. The maximum atomic E-state index is 8.72. The molecule has 0 fully saturated rings. The second-order valence-corrected chi connectivity index (χ2v) is 3.45. The first-order chi connectivity index (χ1) is 6.26. The molecule has 0 bridgehead atoms. The number of aliphatic hydroxyl groups excluding tert-OH is 2. The molecule has 0 aromatic carbocycles. The fourth-order valence-electron chi connectivity index (χ4n) is 1.36. The van der Waals surface area contributed by atoms with Crippen LogP contribution < -0.4 is 0 Å². The van der Waals surface area contributed by atoms with Gasteiger partial charge in [0, 0.05) is 32.3 Å². The Hall–Kier alpha value is -0.120. The van der Waals surface area contributed by atoms with Crippen LogP contribution in [0.4, 0.5) is 0 Å². The lowest BCUT2D eigenvalue weighted by molar-refractivity contribution is 0.163. The Bertz CT molecular complexity index is 101. The molecule has 0 aliphatic rings. The molecule has 0 heterocycles. The van der Waals surface area contributed by atoms with Gasteiger partial charge in [0.25, 0.3) is 0 Å². The minimum Gasteiger partial charge on any atom is -0.396 e. The average Bonchev–Trinajstić information content (AvgIpc) is 2.17. The van der Waals surface area contributed by atoms with Crippen LogP contribution in [0.2, 0.25) is 0 Å². The molecular formula is C10H23NO2. The van der Waals surface area contributed by atoms with Crippen LogP contribution in [-0.4, -0.2) is 47.5 Å². The van der Waals surface area contributed by atoms with Gasteiger partial charge in [-0.3, -0.25) is 0 Å². The molecule has 0 rings (SSSR count). The number of hydrogen-bond donors (Lipinski definition) is 2. The predicted octanol–water partition coefficient (Wildman–Crippen LogP) is 0.852. The van der Waals surface area contributed by atoms with Gasteiger partial charge in [-0.2, -0.15) is 0 Å². The highest BCUT2D eigenvalue weighted by Crippen LogP contribution is 2.04. The highest BCUT2D eigenvalue weighted by Gasteiger charge is 2.10. The number of nitrogens with zero attached hydrogens (tertiary/aromatic N) is 1. The van der Waals surface area contributed by atoms with Crippen LogP contribution in [0.15, 0.2) is 0 Å². The van der Waals surface area contributed by atoms with E-state index in [4.69, 9.17) is 10.2 Å². The second-order valence-electron chi connectivity index (χ2n) is 3.45. The summed E-state index contributed by atoms with van der Waals surface area (Å²) < 4.78 is 0. The van der Waals surface area contributed by atoms with E-state index in [0.29, 0.717) is 6.04 Å². The molecule has 0 aromatic rings. The Kier molecular flexibility index (Phi) is 8.40. The first-order valence-electron chi connectivity index (χ1n) is 5.22. The van der Waals surface area contributed by atoms with E-state index in [0.717, 1.165) is 32.4 Å². The van der Waals surface area contributed by atoms with Crippen molar-refractivity contribution in [1.82, 2.24) is 4.90 Å². The molecule has 3 nitrogen and oxygen atoms in total. The molecule has 80 valence electrons. The maximum absolute atomic E-state index is 8.72. The molecular weight excluding hydrogens is 166 g/mol. The van der Waals surface area contributed by atoms with Crippen molar-refractivity contribution in [2.45, 2.75) is 39.2 Å². The third-order valence-corrected chi connectivity index (χ3v) is 2.42. The number of aliphatic hydroxyl groups is 2. The molecule has 0 radical (unpaired) electrons. The highest BCUT2D eigenvalue weighted by atomic mass is 16.3. The molecule has 0 saturated carbocycles. The number of hydrogen-bond acceptors (Lipinski definition) is 3. The van der Waals surface area contributed by atoms with Gasteiger partial charge in [0.05, 0.1) is 0 Å². The van der Waals surface area contributed by atoms with Gasteiger partial charge in [0.1, 0.15) is 0 Å². The molecule has 1 unspecified atom stereocenters. The largest absolute Gasteiger partial charge is 0.396 e. The van der Waals surface area contributed by atoms with E-state index >= 15 is 0 Å². The van der Waals surface area contributed by atoms with E-state index in [1.807, 2.05) is 0 Å². The lowest BCUT2D eigenvalue weighted by Crippen LogP contribution is -2.35. The van der Waals surface area contributed by atoms with Crippen LogP contribution in [0, 0.1) is 0 Å². The van der Waals surface area contributed by atoms with Gasteiger partial charge in [0.2, 0.25) is 0 Å². The van der Waals surface area contributed by atoms with Crippen molar-refractivity contribution < 1.29 is 10.2 Å². The Morgan fingerprint density at radius 3 is 1.85 bits per heavy atom. The molecule has 0 spiro atoms. The van der Waals surface area contributed by atoms with E-state index in [2.05, 4.69) is 18.7 Å². The SMILES string of the molecule is CCC(C)N(CCCO)CCCO. The summed E-state index contributed by atoms with van der Waals surface area (Å²) in [5.74, 6) is 0. The first-order valence-corrected chi connectivity index (χ1v) is 5.22. The summed E-state index contributed by atoms with van der Waals surface area (Å²) in [6.07, 6.45) is 2.78. The molecule has 2 N–H and O–H groups in total. The topological polar surface area (TPSA) is 43.7 Å². The van der Waals surface area contributed by atoms with E-state index in [1.165, 1.54) is 0 Å². The summed E-state index contributed by atoms with van der Waals surface area (Å²) in [4.78, 5) is 2.33. The second kappa shape index (κ2) is 8.48. The van der Waals surface area contributed by atoms with Crippen molar-refractivity contribution in [3.05, 3.63) is 0 Å². The summed E-state index contributed by atoms with van der Waals surface area (Å²) in [6.45, 7) is 6.74. The van der Waals surface area contributed by atoms with Crippen molar-refractivity contribution >= 4 is 0 Å². The minimum absolute atomic E-state index is 0.256. The average molecular weight is 189 g/mol. The zero-order valence-electron chi connectivity index (χ0n) is 8.87. The van der Waals surface area contributed by atoms with E-state index in [1.54, 1.807) is 0 Å². The molecule has 0 aliphatic heterocycles. The fraction of sp³-hybridized carbons (Fsp3) is 1.00. The molecule has 0 aliphatic carbocycles. The zero-order chi connectivity index (χ0) is 10.1. The standard InChI is InChI=1S/C10H23NO2/c1-3-10(2)11(6-4-8-12)7-5-9-13/h10,12-13H,3-9H2,1-2H3. The first kappa shape index (κ1) is 12.9. The van der Waals surface area contributed by atoms with Gasteiger partial charge in [-0.25, -0.2) is 0 Å². The Morgan fingerprint density at radius 2 is 1.54 bits per heavy atom. The van der Waals surface area contributed by atoms with Crippen molar-refractivity contribution in [3.8, 4) is 0 Å². The van der Waals surface area contributed by atoms with Crippen molar-refractivity contribution in [3.63, 3.8) is 0 Å². The van der Waals surface area contributed by atoms with Crippen molar-refractivity contribution in [2.24, 2.45) is 0 Å². The van der Waals surface area contributed by atoms with Crippen LogP contribution in [0.25, 0.3) is 0 Å². The van der Waals surface area contributed by atoms with Gasteiger partial charge in [-0.1, -0.05) is 6.92 Å². The Balaban J connectivity index is 3.72. The summed E-state index contributed by atoms with van der Waals surface area (Å²) in [6, 6.07) is 0.554. The van der Waals surface area contributed by atoms with Gasteiger partial charge in [0.15, 0.2) is 0 Å². The molecule has 13 heavy (non-hydrogen) atoms. The molecule has 1 atom stereocenters. The monoisotopic (exact) mass is 189 g/mol. The summed E-state index contributed by atoms with van der Waals surface area (Å²) >= 11 is 0. The van der Waals surface area contributed by atoms with Crippen molar-refractivity contribution in [1.29, 1.82) is 0 Å². The summed E-state index contributed by atoms with van der Waals surface area (Å²) in [5.41, 5.74) is 0. The van der Waals surface area contributed by atoms with Crippen LogP contribution in [0.5, 0.6) is 0 Å². The quantitative estimate of drug-likeness (QED) is 0.595. The van der Waals surface area contributed by atoms with Crippen LogP contribution in [-0.2, 0) is 0 Å². The van der Waals surface area contributed by atoms with Gasteiger partial charge < -0.3 is 15.1 Å². The van der Waals surface area contributed by atoms with Crippen LogP contribution >= 0.6 is 0 Å². The normalized spacial score (nSPS) is 13.6. The molecule has 3 heteroatoms. The Morgan fingerprint density at radius 1 is 1.08 bits per heavy atom. The summed E-state index contributed by atoms with van der Waals surface area (Å²) in [7, 11) is 0. The molecule has 0 amide bonds. The van der Waals surface area contributed by atoms with E-state index < -0.39 is 0 Å². The highest BCUT2D eigenvalue weighted by molar-refractivity contribution is 4.65. The lowest BCUT2D eigenvalue weighted by atomic mass is 10.2. The zero-order valence-corrected chi connectivity index (χ0v) is 8.87. The fourth-order valence-corrected chi connectivity index (χ4v) is 1.36. The van der Waals surface area contributed by atoms with Gasteiger partial charge >= 0.3 is 0 Å². The number of rotatable bonds is 8. The van der Waals surface area contributed by atoms with E-state index in [-0.39, 0.29) is 13.2 Å². The third kappa shape index (κ3) is 6.02. The van der Waals surface area contributed by atoms with Crippen LogP contribution in [0.3, 0.4) is 0 Å². The molecule has 0 aromatic heterocycles. The predicted molar refractivity (Wildman–Crippen MR) is 54.7 cm³/mol. The lowest BCUT2D eigenvalue weighted by Gasteiger charge is -2.27. The maximum Gasteiger partial charge on any atom is 0.0443 e. The van der Waals surface area contributed by atoms with Gasteiger partial charge in [-0.15, -0.1) is 0 Å². The summed E-state index contributed by atoms with van der Waals surface area (Å²) in [5, 5.41) is 17.4. The van der Waals surface area contributed by atoms with Crippen molar-refractivity contribution in [2.75, 3.05) is 26.3 Å². The van der Waals surface area contributed by atoms with Gasteiger partial charge in [-0.05, 0) is 26.2 Å². The minimum atomic E-state index is 0.256. The third-order valence-electron chi connectivity index (χ3n) is 2.42. The van der Waals surface area contributed by atoms with E-state index in [9.17, 15) is 0 Å².